The van der Waals surface area contributed by atoms with Crippen molar-refractivity contribution in [1.29, 1.82) is 0 Å². The Morgan fingerprint density at radius 2 is 1.29 bits per heavy atom. The zero-order valence-electron chi connectivity index (χ0n) is 21.9. The molecule has 0 radical (unpaired) electrons. The van der Waals surface area contributed by atoms with Gasteiger partial charge in [0.2, 0.25) is 0 Å². The summed E-state index contributed by atoms with van der Waals surface area (Å²) in [7, 11) is 0. The van der Waals surface area contributed by atoms with Crippen LogP contribution in [0.15, 0.2) is 36.7 Å². The molecule has 0 atom stereocenters. The van der Waals surface area contributed by atoms with Gasteiger partial charge in [0.05, 0.1) is 19.0 Å². The Kier molecular flexibility index (Phi) is 12.5. The monoisotopic (exact) mass is 464 g/mol. The minimum Gasteiger partial charge on any atom is -0.490 e. The van der Waals surface area contributed by atoms with Gasteiger partial charge in [0.15, 0.2) is 11.6 Å². The van der Waals surface area contributed by atoms with Crippen molar-refractivity contribution in [2.45, 2.75) is 117 Å². The number of aryl methyl sites for hydroxylation is 1. The van der Waals surface area contributed by atoms with Gasteiger partial charge in [-0.05, 0) is 36.7 Å². The van der Waals surface area contributed by atoms with Gasteiger partial charge in [-0.1, -0.05) is 122 Å². The second kappa shape index (κ2) is 15.9. The Hall–Kier alpha value is -1.90. The van der Waals surface area contributed by atoms with Crippen LogP contribution in [0, 0.1) is 11.8 Å². The third kappa shape index (κ3) is 9.76. The van der Waals surface area contributed by atoms with Crippen LogP contribution in [0.3, 0.4) is 0 Å². The van der Waals surface area contributed by atoms with Crippen molar-refractivity contribution in [3.05, 3.63) is 42.2 Å². The largest absolute Gasteiger partial charge is 0.490 e. The average molecular weight is 465 g/mol. The van der Waals surface area contributed by atoms with Crippen molar-refractivity contribution in [1.82, 2.24) is 9.97 Å². The van der Waals surface area contributed by atoms with Crippen LogP contribution in [0.2, 0.25) is 0 Å². The van der Waals surface area contributed by atoms with Gasteiger partial charge >= 0.3 is 0 Å². The number of hydrogen-bond donors (Lipinski definition) is 0. The van der Waals surface area contributed by atoms with Crippen molar-refractivity contribution in [3.63, 3.8) is 0 Å². The Morgan fingerprint density at radius 3 is 1.94 bits per heavy atom. The molecule has 0 aliphatic heterocycles. The second-order valence-corrected chi connectivity index (χ2v) is 10.5. The number of benzene rings is 1. The molecule has 1 heterocycles. The predicted molar refractivity (Wildman–Crippen MR) is 144 cm³/mol. The highest BCUT2D eigenvalue weighted by molar-refractivity contribution is 5.55. The Bertz CT molecular complexity index is 763. The number of nitrogens with zero attached hydrogens (tertiary/aromatic N) is 2. The molecule has 34 heavy (non-hydrogen) atoms. The molecule has 0 spiro atoms. The highest BCUT2D eigenvalue weighted by Gasteiger charge is 2.20. The van der Waals surface area contributed by atoms with Crippen LogP contribution >= 0.6 is 0 Å². The third-order valence-corrected chi connectivity index (χ3v) is 7.63. The van der Waals surface area contributed by atoms with E-state index in [-0.39, 0.29) is 0 Å². The number of unbranched alkanes of at least 4 members (excludes halogenated alkanes) is 7. The van der Waals surface area contributed by atoms with Crippen molar-refractivity contribution >= 4 is 0 Å². The lowest BCUT2D eigenvalue weighted by Gasteiger charge is -2.28. The lowest BCUT2D eigenvalue weighted by Crippen LogP contribution is -2.15. The standard InChI is InChI=1S/C31H48N2O/c1-3-5-7-8-9-10-11-23-34-30-24-32-31(33-25-30)29-21-19-28(20-22-29)18-17-27-15-13-26(14-16-27)12-6-4-2/h19-22,24-27H,3-18,23H2,1-2H3/t26-,27-. The Balaban J connectivity index is 1.33. The van der Waals surface area contributed by atoms with Crippen molar-refractivity contribution in [2.75, 3.05) is 6.61 Å². The first-order chi connectivity index (χ1) is 16.8. The lowest BCUT2D eigenvalue weighted by atomic mass is 9.78. The fourth-order valence-electron chi connectivity index (χ4n) is 5.28. The van der Waals surface area contributed by atoms with Crippen LogP contribution < -0.4 is 4.74 Å². The Morgan fingerprint density at radius 1 is 0.706 bits per heavy atom. The molecule has 1 aromatic heterocycles. The fourth-order valence-corrected chi connectivity index (χ4v) is 5.28. The normalized spacial score (nSPS) is 18.2. The summed E-state index contributed by atoms with van der Waals surface area (Å²) in [4.78, 5) is 9.08. The van der Waals surface area contributed by atoms with Crippen LogP contribution in [0.25, 0.3) is 11.4 Å². The molecular weight excluding hydrogens is 416 g/mol. The fraction of sp³-hybridized carbons (Fsp3) is 0.677. The highest BCUT2D eigenvalue weighted by Crippen LogP contribution is 2.34. The van der Waals surface area contributed by atoms with Crippen LogP contribution in [0.5, 0.6) is 5.75 Å². The molecule has 3 heteroatoms. The van der Waals surface area contributed by atoms with E-state index in [4.69, 9.17) is 4.74 Å². The lowest BCUT2D eigenvalue weighted by molar-refractivity contribution is 0.250. The zero-order valence-corrected chi connectivity index (χ0v) is 21.9. The molecule has 188 valence electrons. The molecule has 2 aromatic rings. The molecule has 0 saturated heterocycles. The van der Waals surface area contributed by atoms with Crippen molar-refractivity contribution < 1.29 is 4.74 Å². The van der Waals surface area contributed by atoms with Gasteiger partial charge in [-0.3, -0.25) is 0 Å². The van der Waals surface area contributed by atoms with E-state index in [1.54, 1.807) is 0 Å². The first-order valence-electron chi connectivity index (χ1n) is 14.3. The molecule has 1 saturated carbocycles. The summed E-state index contributed by atoms with van der Waals surface area (Å²) in [6, 6.07) is 8.86. The van der Waals surface area contributed by atoms with Crippen molar-refractivity contribution in [2.24, 2.45) is 11.8 Å². The molecule has 1 fully saturated rings. The zero-order chi connectivity index (χ0) is 23.8. The molecule has 0 amide bonds. The van der Waals surface area contributed by atoms with Crippen molar-refractivity contribution in [3.8, 4) is 17.1 Å². The first kappa shape index (κ1) is 26.7. The first-order valence-corrected chi connectivity index (χ1v) is 14.3. The SMILES string of the molecule is CCCCCCCCCOc1cnc(-c2ccc(CC[C@H]3CC[C@H](CCCC)CC3)cc2)nc1. The van der Waals surface area contributed by atoms with Gasteiger partial charge in [0, 0.05) is 5.56 Å². The summed E-state index contributed by atoms with van der Waals surface area (Å²) in [5, 5.41) is 0. The molecule has 3 nitrogen and oxygen atoms in total. The predicted octanol–water partition coefficient (Wildman–Crippen LogP) is 9.20. The number of hydrogen-bond acceptors (Lipinski definition) is 3. The smallest absolute Gasteiger partial charge is 0.159 e. The molecule has 3 rings (SSSR count). The third-order valence-electron chi connectivity index (χ3n) is 7.63. The Labute approximate surface area is 209 Å². The molecule has 1 aromatic carbocycles. The van der Waals surface area contributed by atoms with Crippen LogP contribution in [0.1, 0.15) is 116 Å². The van der Waals surface area contributed by atoms with Crippen LogP contribution in [-0.2, 0) is 6.42 Å². The number of rotatable bonds is 16. The van der Waals surface area contributed by atoms with E-state index < -0.39 is 0 Å². The molecule has 1 aliphatic rings. The van der Waals surface area contributed by atoms with Gasteiger partial charge in [0.1, 0.15) is 0 Å². The summed E-state index contributed by atoms with van der Waals surface area (Å²) < 4.78 is 5.83. The number of aromatic nitrogens is 2. The maximum atomic E-state index is 5.83. The van der Waals surface area contributed by atoms with Gasteiger partial charge in [0.25, 0.3) is 0 Å². The van der Waals surface area contributed by atoms with Gasteiger partial charge in [-0.25, -0.2) is 9.97 Å². The number of ether oxygens (including phenoxy) is 1. The van der Waals surface area contributed by atoms with Gasteiger partial charge < -0.3 is 4.74 Å². The summed E-state index contributed by atoms with van der Waals surface area (Å²) in [6.07, 6.45) is 25.2. The molecule has 0 unspecified atom stereocenters. The van der Waals surface area contributed by atoms with Gasteiger partial charge in [-0.15, -0.1) is 0 Å². The van der Waals surface area contributed by atoms with Crippen LogP contribution in [-0.4, -0.2) is 16.6 Å². The topological polar surface area (TPSA) is 35.0 Å². The van der Waals surface area contributed by atoms with E-state index in [1.807, 2.05) is 12.4 Å². The maximum Gasteiger partial charge on any atom is 0.159 e. The summed E-state index contributed by atoms with van der Waals surface area (Å²) >= 11 is 0. The molecule has 0 N–H and O–H groups in total. The van der Waals surface area contributed by atoms with E-state index in [1.165, 1.54) is 102 Å². The van der Waals surface area contributed by atoms with E-state index in [9.17, 15) is 0 Å². The van der Waals surface area contributed by atoms with Gasteiger partial charge in [-0.2, -0.15) is 0 Å². The van der Waals surface area contributed by atoms with E-state index >= 15 is 0 Å². The highest BCUT2D eigenvalue weighted by atomic mass is 16.5. The summed E-state index contributed by atoms with van der Waals surface area (Å²) in [5.74, 6) is 3.48. The van der Waals surface area contributed by atoms with E-state index in [0.29, 0.717) is 0 Å². The maximum absolute atomic E-state index is 5.83. The van der Waals surface area contributed by atoms with E-state index in [0.717, 1.165) is 42.0 Å². The molecule has 0 bridgehead atoms. The average Bonchev–Trinajstić information content (AvgIpc) is 2.89. The minimum atomic E-state index is 0.756. The second-order valence-electron chi connectivity index (χ2n) is 10.5. The molecular formula is C31H48N2O. The molecule has 1 aliphatic carbocycles. The summed E-state index contributed by atoms with van der Waals surface area (Å²) in [5.41, 5.74) is 2.52. The minimum absolute atomic E-state index is 0.756. The van der Waals surface area contributed by atoms with E-state index in [2.05, 4.69) is 48.1 Å². The summed E-state index contributed by atoms with van der Waals surface area (Å²) in [6.45, 7) is 5.33. The van der Waals surface area contributed by atoms with Crippen LogP contribution in [0.4, 0.5) is 0 Å². The quantitative estimate of drug-likeness (QED) is 0.232.